The van der Waals surface area contributed by atoms with Crippen LogP contribution in [0.5, 0.6) is 0 Å². The van der Waals surface area contributed by atoms with Crippen LogP contribution in [-0.2, 0) is 4.74 Å². The third kappa shape index (κ3) is 2.22. The van der Waals surface area contributed by atoms with Gasteiger partial charge in [-0.25, -0.2) is 0 Å². The zero-order chi connectivity index (χ0) is 10.9. The molecule has 0 aromatic heterocycles. The highest BCUT2D eigenvalue weighted by Crippen LogP contribution is 2.59. The Labute approximate surface area is 94.6 Å². The molecule has 2 rings (SSSR count). The minimum Gasteiger partial charge on any atom is -0.381 e. The van der Waals surface area contributed by atoms with Gasteiger partial charge in [0.15, 0.2) is 0 Å². The molecule has 0 radical (unpaired) electrons. The molecule has 0 amide bonds. The molecule has 3 unspecified atom stereocenters. The maximum atomic E-state index is 5.60. The molecule has 0 aromatic rings. The first-order valence-electron chi connectivity index (χ1n) is 6.72. The second-order valence-electron chi connectivity index (χ2n) is 5.92. The maximum absolute atomic E-state index is 5.60. The molecule has 3 atom stereocenters. The van der Waals surface area contributed by atoms with E-state index >= 15 is 0 Å². The van der Waals surface area contributed by atoms with Crippen LogP contribution < -0.4 is 0 Å². The predicted molar refractivity (Wildman–Crippen MR) is 63.9 cm³/mol. The Bertz CT molecular complexity index is 207. The van der Waals surface area contributed by atoms with Gasteiger partial charge in [0.1, 0.15) is 0 Å². The van der Waals surface area contributed by atoms with Gasteiger partial charge in [-0.15, -0.1) is 0 Å². The fraction of sp³-hybridized carbons (Fsp3) is 1.00. The van der Waals surface area contributed by atoms with E-state index in [4.69, 9.17) is 4.74 Å². The van der Waals surface area contributed by atoms with E-state index in [0.29, 0.717) is 11.5 Å². The molecule has 1 nitrogen and oxygen atoms in total. The first kappa shape index (κ1) is 11.4. The van der Waals surface area contributed by atoms with E-state index in [1.165, 1.54) is 44.9 Å². The minimum absolute atomic E-state index is 0.482. The standard InChI is InChI=1S/C14H26O/c1-11-5-4-6-13(8-7-11)14(9-10-14)12(2)15-3/h11-13H,4-10H2,1-3H3. The summed E-state index contributed by atoms with van der Waals surface area (Å²) in [5, 5.41) is 0. The van der Waals surface area contributed by atoms with Crippen molar-refractivity contribution in [1.82, 2.24) is 0 Å². The van der Waals surface area contributed by atoms with Gasteiger partial charge in [0.25, 0.3) is 0 Å². The molecule has 0 N–H and O–H groups in total. The molecule has 15 heavy (non-hydrogen) atoms. The van der Waals surface area contributed by atoms with Crippen LogP contribution in [0.1, 0.15) is 58.8 Å². The van der Waals surface area contributed by atoms with Gasteiger partial charge >= 0.3 is 0 Å². The van der Waals surface area contributed by atoms with Crippen LogP contribution in [-0.4, -0.2) is 13.2 Å². The second-order valence-corrected chi connectivity index (χ2v) is 5.92. The smallest absolute Gasteiger partial charge is 0.0602 e. The van der Waals surface area contributed by atoms with E-state index < -0.39 is 0 Å². The summed E-state index contributed by atoms with van der Waals surface area (Å²) in [7, 11) is 1.88. The highest BCUT2D eigenvalue weighted by Gasteiger charge is 2.52. The van der Waals surface area contributed by atoms with Crippen molar-refractivity contribution < 1.29 is 4.74 Å². The Hall–Kier alpha value is -0.0400. The molecular formula is C14H26O. The molecule has 0 aromatic carbocycles. The van der Waals surface area contributed by atoms with Gasteiger partial charge in [-0.3, -0.25) is 0 Å². The van der Waals surface area contributed by atoms with Gasteiger partial charge in [0, 0.05) is 7.11 Å². The Balaban J connectivity index is 1.97. The summed E-state index contributed by atoms with van der Waals surface area (Å²) in [6.07, 6.45) is 10.6. The Morgan fingerprint density at radius 1 is 1.13 bits per heavy atom. The summed E-state index contributed by atoms with van der Waals surface area (Å²) >= 11 is 0. The average Bonchev–Trinajstić information content (AvgIpc) is 3.02. The third-order valence-electron chi connectivity index (χ3n) is 5.06. The van der Waals surface area contributed by atoms with Gasteiger partial charge in [-0.2, -0.15) is 0 Å². The van der Waals surface area contributed by atoms with Crippen molar-refractivity contribution in [2.75, 3.05) is 7.11 Å². The lowest BCUT2D eigenvalue weighted by Crippen LogP contribution is -2.29. The molecule has 0 aliphatic heterocycles. The van der Waals surface area contributed by atoms with Crippen molar-refractivity contribution in [2.24, 2.45) is 17.3 Å². The molecule has 0 saturated heterocycles. The molecular weight excluding hydrogens is 184 g/mol. The maximum Gasteiger partial charge on any atom is 0.0602 e. The van der Waals surface area contributed by atoms with Gasteiger partial charge in [0.05, 0.1) is 6.10 Å². The zero-order valence-corrected chi connectivity index (χ0v) is 10.6. The minimum atomic E-state index is 0.482. The lowest BCUT2D eigenvalue weighted by atomic mass is 9.79. The number of ether oxygens (including phenoxy) is 1. The summed E-state index contributed by atoms with van der Waals surface area (Å²) in [4.78, 5) is 0. The lowest BCUT2D eigenvalue weighted by Gasteiger charge is -2.30. The van der Waals surface area contributed by atoms with Crippen molar-refractivity contribution >= 4 is 0 Å². The van der Waals surface area contributed by atoms with Gasteiger partial charge in [0.2, 0.25) is 0 Å². The second kappa shape index (κ2) is 4.45. The quantitative estimate of drug-likeness (QED) is 0.639. The van der Waals surface area contributed by atoms with E-state index in [2.05, 4.69) is 13.8 Å². The summed E-state index contributed by atoms with van der Waals surface area (Å²) in [6, 6.07) is 0. The van der Waals surface area contributed by atoms with Gasteiger partial charge in [-0.05, 0) is 49.9 Å². The van der Waals surface area contributed by atoms with Crippen LogP contribution in [0.4, 0.5) is 0 Å². The van der Waals surface area contributed by atoms with Crippen molar-refractivity contribution in [3.63, 3.8) is 0 Å². The molecule has 2 aliphatic carbocycles. The molecule has 1 heteroatoms. The highest BCUT2D eigenvalue weighted by molar-refractivity contribution is 5.02. The molecule has 0 heterocycles. The topological polar surface area (TPSA) is 9.23 Å². The summed E-state index contributed by atoms with van der Waals surface area (Å²) in [5.41, 5.74) is 0.582. The molecule has 0 bridgehead atoms. The zero-order valence-electron chi connectivity index (χ0n) is 10.6. The van der Waals surface area contributed by atoms with Crippen LogP contribution in [0.15, 0.2) is 0 Å². The van der Waals surface area contributed by atoms with Gasteiger partial charge < -0.3 is 4.74 Å². The fourth-order valence-electron chi connectivity index (χ4n) is 3.59. The highest BCUT2D eigenvalue weighted by atomic mass is 16.5. The summed E-state index contributed by atoms with van der Waals surface area (Å²) in [6.45, 7) is 4.70. The monoisotopic (exact) mass is 210 g/mol. The molecule has 88 valence electrons. The Morgan fingerprint density at radius 3 is 2.47 bits per heavy atom. The van der Waals surface area contributed by atoms with E-state index in [-0.39, 0.29) is 0 Å². The molecule has 0 spiro atoms. The molecule has 2 aliphatic rings. The molecule has 2 saturated carbocycles. The van der Waals surface area contributed by atoms with Crippen LogP contribution in [0, 0.1) is 17.3 Å². The van der Waals surface area contributed by atoms with Crippen LogP contribution in [0.2, 0.25) is 0 Å². The molecule has 2 fully saturated rings. The predicted octanol–water partition coefficient (Wildman–Crippen LogP) is 4.02. The van der Waals surface area contributed by atoms with Crippen molar-refractivity contribution in [1.29, 1.82) is 0 Å². The first-order chi connectivity index (χ1) is 7.19. The average molecular weight is 210 g/mol. The Morgan fingerprint density at radius 2 is 1.87 bits per heavy atom. The lowest BCUT2D eigenvalue weighted by molar-refractivity contribution is 0.0206. The normalized spacial score (nSPS) is 37.0. The first-order valence-corrected chi connectivity index (χ1v) is 6.72. The largest absolute Gasteiger partial charge is 0.381 e. The third-order valence-corrected chi connectivity index (χ3v) is 5.06. The van der Waals surface area contributed by atoms with Crippen LogP contribution in [0.3, 0.4) is 0 Å². The van der Waals surface area contributed by atoms with Crippen molar-refractivity contribution in [3.8, 4) is 0 Å². The van der Waals surface area contributed by atoms with Crippen LogP contribution >= 0.6 is 0 Å². The number of methoxy groups -OCH3 is 1. The Kier molecular flexibility index (Phi) is 3.39. The van der Waals surface area contributed by atoms with E-state index in [9.17, 15) is 0 Å². The number of rotatable bonds is 3. The summed E-state index contributed by atoms with van der Waals surface area (Å²) in [5.74, 6) is 1.92. The van der Waals surface area contributed by atoms with E-state index in [1.54, 1.807) is 0 Å². The number of hydrogen-bond acceptors (Lipinski definition) is 1. The van der Waals surface area contributed by atoms with Crippen molar-refractivity contribution in [3.05, 3.63) is 0 Å². The van der Waals surface area contributed by atoms with E-state index in [1.807, 2.05) is 7.11 Å². The number of hydrogen-bond donors (Lipinski definition) is 0. The SMILES string of the molecule is COC(C)C1(C2CCCC(C)CC2)CC1. The summed E-state index contributed by atoms with van der Waals surface area (Å²) < 4.78 is 5.60. The van der Waals surface area contributed by atoms with Crippen LogP contribution in [0.25, 0.3) is 0 Å². The van der Waals surface area contributed by atoms with E-state index in [0.717, 1.165) is 11.8 Å². The fourth-order valence-corrected chi connectivity index (χ4v) is 3.59. The van der Waals surface area contributed by atoms with Gasteiger partial charge in [-0.1, -0.05) is 26.2 Å². The van der Waals surface area contributed by atoms with Crippen molar-refractivity contribution in [2.45, 2.75) is 64.9 Å².